The Balaban J connectivity index is 1.82. The summed E-state index contributed by atoms with van der Waals surface area (Å²) < 4.78 is 5.72. The molecule has 2 aliphatic rings. The number of ether oxygens (including phenoxy) is 1. The van der Waals surface area contributed by atoms with Gasteiger partial charge in [0.25, 0.3) is 0 Å². The fourth-order valence-corrected chi connectivity index (χ4v) is 3.76. The van der Waals surface area contributed by atoms with Crippen molar-refractivity contribution in [3.8, 4) is 0 Å². The van der Waals surface area contributed by atoms with Crippen molar-refractivity contribution < 1.29 is 9.53 Å². The number of amides is 1. The quantitative estimate of drug-likeness (QED) is 0.813. The molecular weight excluding hydrogens is 252 g/mol. The highest BCUT2D eigenvalue weighted by Crippen LogP contribution is 2.30. The van der Waals surface area contributed by atoms with Gasteiger partial charge in [-0.15, -0.1) is 0 Å². The molecule has 1 amide bonds. The highest BCUT2D eigenvalue weighted by Gasteiger charge is 2.33. The maximum atomic E-state index is 12.5. The van der Waals surface area contributed by atoms with Crippen LogP contribution >= 0.6 is 0 Å². The first kappa shape index (κ1) is 15.8. The van der Waals surface area contributed by atoms with Gasteiger partial charge in [0.1, 0.15) is 0 Å². The number of rotatable bonds is 6. The molecule has 1 aliphatic heterocycles. The van der Waals surface area contributed by atoms with Gasteiger partial charge in [-0.2, -0.15) is 0 Å². The van der Waals surface area contributed by atoms with Gasteiger partial charge in [-0.25, -0.2) is 0 Å². The number of hydrogen-bond acceptors (Lipinski definition) is 3. The summed E-state index contributed by atoms with van der Waals surface area (Å²) >= 11 is 0. The van der Waals surface area contributed by atoms with E-state index in [-0.39, 0.29) is 0 Å². The van der Waals surface area contributed by atoms with Crippen LogP contribution in [0, 0.1) is 5.92 Å². The Hall–Kier alpha value is -0.610. The molecule has 0 aromatic rings. The number of hydrogen-bond donors (Lipinski definition) is 1. The van der Waals surface area contributed by atoms with Crippen LogP contribution in [0.3, 0.4) is 0 Å². The molecule has 3 unspecified atom stereocenters. The molecule has 20 heavy (non-hydrogen) atoms. The maximum Gasteiger partial charge on any atom is 0.222 e. The first-order valence-corrected chi connectivity index (χ1v) is 8.37. The third-order valence-corrected chi connectivity index (χ3v) is 4.94. The first-order valence-electron chi connectivity index (χ1n) is 8.37. The van der Waals surface area contributed by atoms with Gasteiger partial charge in [-0.05, 0) is 57.9 Å². The van der Waals surface area contributed by atoms with Gasteiger partial charge < -0.3 is 15.4 Å². The van der Waals surface area contributed by atoms with Gasteiger partial charge >= 0.3 is 0 Å². The van der Waals surface area contributed by atoms with Crippen molar-refractivity contribution in [2.75, 3.05) is 19.7 Å². The largest absolute Gasteiger partial charge is 0.378 e. The van der Waals surface area contributed by atoms with Crippen LogP contribution in [-0.2, 0) is 9.53 Å². The molecular formula is C16H30N2O2. The van der Waals surface area contributed by atoms with E-state index in [1.165, 1.54) is 25.7 Å². The van der Waals surface area contributed by atoms with Crippen LogP contribution in [0.1, 0.15) is 58.3 Å². The molecule has 2 fully saturated rings. The molecule has 2 N–H and O–H groups in total. The molecule has 0 bridgehead atoms. The highest BCUT2D eigenvalue weighted by molar-refractivity contribution is 5.76. The van der Waals surface area contributed by atoms with E-state index in [0.29, 0.717) is 36.9 Å². The normalized spacial score (nSPS) is 30.4. The Bertz CT molecular complexity index is 303. The number of carbonyl (C=O) groups is 1. The van der Waals surface area contributed by atoms with Crippen LogP contribution in [-0.4, -0.2) is 42.6 Å². The predicted octanol–water partition coefficient (Wildman–Crippen LogP) is 2.31. The maximum absolute atomic E-state index is 12.5. The number of nitrogens with zero attached hydrogens (tertiary/aromatic N) is 1. The third kappa shape index (κ3) is 3.95. The first-order chi connectivity index (χ1) is 9.76. The number of nitrogens with two attached hydrogens (primary N) is 1. The number of carbonyl (C=O) groups excluding carboxylic acids is 1. The Morgan fingerprint density at radius 3 is 2.75 bits per heavy atom. The molecule has 1 aliphatic carbocycles. The molecule has 1 heterocycles. The van der Waals surface area contributed by atoms with E-state index in [2.05, 4.69) is 11.8 Å². The van der Waals surface area contributed by atoms with E-state index in [1.54, 1.807) is 0 Å². The van der Waals surface area contributed by atoms with Crippen LogP contribution in [0.5, 0.6) is 0 Å². The lowest BCUT2D eigenvalue weighted by atomic mass is 10.0. The van der Waals surface area contributed by atoms with Crippen molar-refractivity contribution in [3.05, 3.63) is 0 Å². The molecule has 1 saturated carbocycles. The summed E-state index contributed by atoms with van der Waals surface area (Å²) in [5.74, 6) is 0.803. The summed E-state index contributed by atoms with van der Waals surface area (Å²) in [5, 5.41) is 0. The van der Waals surface area contributed by atoms with E-state index in [4.69, 9.17) is 10.5 Å². The van der Waals surface area contributed by atoms with Crippen LogP contribution in [0.25, 0.3) is 0 Å². The minimum Gasteiger partial charge on any atom is -0.378 e. The zero-order valence-electron chi connectivity index (χ0n) is 12.9. The average Bonchev–Trinajstić information content (AvgIpc) is 2.95. The molecule has 4 nitrogen and oxygen atoms in total. The lowest BCUT2D eigenvalue weighted by molar-refractivity contribution is -0.135. The summed E-state index contributed by atoms with van der Waals surface area (Å²) in [6, 6.07) is 0.379. The Labute approximate surface area is 123 Å². The van der Waals surface area contributed by atoms with E-state index in [9.17, 15) is 4.79 Å². The summed E-state index contributed by atoms with van der Waals surface area (Å²) in [6.07, 6.45) is 8.87. The monoisotopic (exact) mass is 282 g/mol. The van der Waals surface area contributed by atoms with Gasteiger partial charge in [0.05, 0.1) is 6.10 Å². The fraction of sp³-hybridized carbons (Fsp3) is 0.938. The molecule has 1 saturated heterocycles. The Morgan fingerprint density at radius 2 is 2.10 bits per heavy atom. The van der Waals surface area contributed by atoms with Crippen molar-refractivity contribution in [2.45, 2.75) is 70.4 Å². The minimum atomic E-state index is 0.298. The van der Waals surface area contributed by atoms with Crippen LogP contribution in [0.4, 0.5) is 0 Å². The van der Waals surface area contributed by atoms with Gasteiger partial charge in [-0.3, -0.25) is 4.79 Å². The molecule has 3 atom stereocenters. The standard InChI is InChI=1S/C16H30N2O2/c1-2-18(15-8-5-6-13(15)12-17)16(19)10-9-14-7-3-4-11-20-14/h13-15H,2-12,17H2,1H3. The van der Waals surface area contributed by atoms with E-state index in [1.807, 2.05) is 0 Å². The van der Waals surface area contributed by atoms with Gasteiger partial charge in [0.2, 0.25) is 5.91 Å². The second kappa shape index (κ2) is 7.99. The molecule has 4 heteroatoms. The molecule has 0 aromatic carbocycles. The van der Waals surface area contributed by atoms with Crippen LogP contribution < -0.4 is 5.73 Å². The van der Waals surface area contributed by atoms with Gasteiger partial charge in [0, 0.05) is 25.6 Å². The summed E-state index contributed by atoms with van der Waals surface area (Å²) in [7, 11) is 0. The van der Waals surface area contributed by atoms with Crippen molar-refractivity contribution in [1.82, 2.24) is 4.90 Å². The van der Waals surface area contributed by atoms with Crippen LogP contribution in [0.2, 0.25) is 0 Å². The molecule has 0 aromatic heterocycles. The Kier molecular flexibility index (Phi) is 6.30. The smallest absolute Gasteiger partial charge is 0.222 e. The zero-order valence-corrected chi connectivity index (χ0v) is 12.9. The second-order valence-electron chi connectivity index (χ2n) is 6.20. The predicted molar refractivity (Wildman–Crippen MR) is 80.4 cm³/mol. The Morgan fingerprint density at radius 1 is 1.25 bits per heavy atom. The third-order valence-electron chi connectivity index (χ3n) is 4.94. The average molecular weight is 282 g/mol. The summed E-state index contributed by atoms with van der Waals surface area (Å²) in [4.78, 5) is 14.6. The van der Waals surface area contributed by atoms with Crippen molar-refractivity contribution >= 4 is 5.91 Å². The van der Waals surface area contributed by atoms with Gasteiger partial charge in [0.15, 0.2) is 0 Å². The zero-order chi connectivity index (χ0) is 14.4. The van der Waals surface area contributed by atoms with E-state index >= 15 is 0 Å². The molecule has 116 valence electrons. The lowest BCUT2D eigenvalue weighted by Gasteiger charge is -2.32. The molecule has 0 radical (unpaired) electrons. The van der Waals surface area contributed by atoms with Crippen LogP contribution in [0.15, 0.2) is 0 Å². The lowest BCUT2D eigenvalue weighted by Crippen LogP contribution is -2.44. The topological polar surface area (TPSA) is 55.6 Å². The summed E-state index contributed by atoms with van der Waals surface area (Å²) in [6.45, 7) is 4.47. The highest BCUT2D eigenvalue weighted by atomic mass is 16.5. The van der Waals surface area contributed by atoms with Gasteiger partial charge in [-0.1, -0.05) is 6.42 Å². The van der Waals surface area contributed by atoms with E-state index in [0.717, 1.165) is 32.4 Å². The molecule has 2 rings (SSSR count). The van der Waals surface area contributed by atoms with Crippen molar-refractivity contribution in [1.29, 1.82) is 0 Å². The minimum absolute atomic E-state index is 0.298. The SMILES string of the molecule is CCN(C(=O)CCC1CCCCO1)C1CCCC1CN. The van der Waals surface area contributed by atoms with Crippen molar-refractivity contribution in [2.24, 2.45) is 11.7 Å². The fourth-order valence-electron chi connectivity index (χ4n) is 3.76. The van der Waals surface area contributed by atoms with E-state index < -0.39 is 0 Å². The van der Waals surface area contributed by atoms with Crippen molar-refractivity contribution in [3.63, 3.8) is 0 Å². The second-order valence-corrected chi connectivity index (χ2v) is 6.20. The molecule has 0 spiro atoms. The summed E-state index contributed by atoms with van der Waals surface area (Å²) in [5.41, 5.74) is 5.85.